The molecule has 0 fully saturated rings. The number of aryl methyl sites for hydroxylation is 1. The van der Waals surface area contributed by atoms with E-state index in [1.807, 2.05) is 54.6 Å². The molecule has 0 radical (unpaired) electrons. The third-order valence-electron chi connectivity index (χ3n) is 5.52. The van der Waals surface area contributed by atoms with Gasteiger partial charge in [0.25, 0.3) is 0 Å². The Balaban J connectivity index is 1.34. The molecule has 0 aliphatic rings. The van der Waals surface area contributed by atoms with Crippen molar-refractivity contribution in [3.05, 3.63) is 108 Å². The molecule has 3 N–H and O–H groups in total. The fraction of sp³-hybridized carbons (Fsp3) is 0.0741. The van der Waals surface area contributed by atoms with Gasteiger partial charge in [0.15, 0.2) is 5.78 Å². The predicted molar refractivity (Wildman–Crippen MR) is 135 cm³/mol. The van der Waals surface area contributed by atoms with E-state index in [2.05, 4.69) is 30.6 Å². The highest BCUT2D eigenvalue weighted by molar-refractivity contribution is 6.18. The minimum Gasteiger partial charge on any atom is -0.345 e. The van der Waals surface area contributed by atoms with E-state index >= 15 is 0 Å². The molecule has 2 aromatic carbocycles. The van der Waals surface area contributed by atoms with Crippen molar-refractivity contribution in [3.8, 4) is 0 Å². The van der Waals surface area contributed by atoms with Gasteiger partial charge in [-0.3, -0.25) is 14.6 Å². The minimum atomic E-state index is -0.121. The number of hydrogen-bond acceptors (Lipinski definition) is 6. The van der Waals surface area contributed by atoms with Crippen LogP contribution in [0.1, 0.15) is 27.9 Å². The van der Waals surface area contributed by atoms with Crippen LogP contribution < -0.4 is 10.6 Å². The van der Waals surface area contributed by atoms with Gasteiger partial charge in [0.1, 0.15) is 17.8 Å². The number of rotatable bonds is 8. The van der Waals surface area contributed by atoms with Gasteiger partial charge in [-0.05, 0) is 36.2 Å². The van der Waals surface area contributed by atoms with Crippen molar-refractivity contribution >= 4 is 39.9 Å². The molecule has 0 unspecified atom stereocenters. The summed E-state index contributed by atoms with van der Waals surface area (Å²) in [6.07, 6.45) is 7.52. The summed E-state index contributed by atoms with van der Waals surface area (Å²) in [5.74, 6) is 0.289. The van der Waals surface area contributed by atoms with Crippen molar-refractivity contribution in [2.75, 3.05) is 10.6 Å². The van der Waals surface area contributed by atoms with Crippen LogP contribution in [0.15, 0.2) is 91.6 Å². The molecule has 0 bridgehead atoms. The highest BCUT2D eigenvalue weighted by atomic mass is 16.1. The summed E-state index contributed by atoms with van der Waals surface area (Å²) >= 11 is 0. The molecule has 8 heteroatoms. The Kier molecular flexibility index (Phi) is 6.25. The minimum absolute atomic E-state index is 0.0863. The number of aromatic nitrogens is 4. The molecule has 3 aromatic heterocycles. The number of nitrogens with zero attached hydrogens (tertiary/aromatic N) is 3. The van der Waals surface area contributed by atoms with Gasteiger partial charge in [0.2, 0.25) is 5.91 Å². The number of benzene rings is 2. The van der Waals surface area contributed by atoms with Gasteiger partial charge >= 0.3 is 0 Å². The first-order valence-corrected chi connectivity index (χ1v) is 11.1. The first kappa shape index (κ1) is 22.0. The maximum absolute atomic E-state index is 13.1. The number of aromatic amines is 1. The topological polar surface area (TPSA) is 113 Å². The molecule has 8 nitrogen and oxygen atoms in total. The molecule has 35 heavy (non-hydrogen) atoms. The number of pyridine rings is 1. The summed E-state index contributed by atoms with van der Waals surface area (Å²) in [6.45, 7) is 0. The van der Waals surface area contributed by atoms with E-state index in [-0.39, 0.29) is 11.7 Å². The number of hydrogen-bond donors (Lipinski definition) is 3. The molecule has 0 spiro atoms. The maximum atomic E-state index is 13.1. The molecular weight excluding hydrogens is 440 g/mol. The fourth-order valence-electron chi connectivity index (χ4n) is 3.82. The summed E-state index contributed by atoms with van der Waals surface area (Å²) in [7, 11) is 0. The Bertz CT molecular complexity index is 1480. The molecular formula is C27H22N6O2. The van der Waals surface area contributed by atoms with Crippen molar-refractivity contribution < 1.29 is 9.59 Å². The van der Waals surface area contributed by atoms with E-state index in [4.69, 9.17) is 0 Å². The number of carbonyl (C=O) groups excluding carboxylic acids is 2. The van der Waals surface area contributed by atoms with E-state index in [9.17, 15) is 9.59 Å². The molecule has 3 heterocycles. The highest BCUT2D eigenvalue weighted by Gasteiger charge is 2.18. The second-order valence-corrected chi connectivity index (χ2v) is 7.96. The average Bonchev–Trinajstić information content (AvgIpc) is 3.34. The van der Waals surface area contributed by atoms with E-state index < -0.39 is 0 Å². The van der Waals surface area contributed by atoms with Crippen LogP contribution in [0.25, 0.3) is 11.0 Å². The normalized spacial score (nSPS) is 10.7. The van der Waals surface area contributed by atoms with Crippen LogP contribution in [-0.4, -0.2) is 31.6 Å². The third-order valence-corrected chi connectivity index (χ3v) is 5.52. The zero-order chi connectivity index (χ0) is 24.0. The zero-order valence-electron chi connectivity index (χ0n) is 18.7. The monoisotopic (exact) mass is 462 g/mol. The maximum Gasteiger partial charge on any atom is 0.224 e. The molecule has 0 saturated carbocycles. The summed E-state index contributed by atoms with van der Waals surface area (Å²) in [6, 6.07) is 20.2. The van der Waals surface area contributed by atoms with Gasteiger partial charge in [-0.15, -0.1) is 0 Å². The van der Waals surface area contributed by atoms with E-state index in [1.54, 1.807) is 30.7 Å². The van der Waals surface area contributed by atoms with Crippen molar-refractivity contribution in [1.82, 2.24) is 19.9 Å². The lowest BCUT2D eigenvalue weighted by molar-refractivity contribution is -0.116. The summed E-state index contributed by atoms with van der Waals surface area (Å²) in [4.78, 5) is 41.3. The number of fused-ring (bicyclic) bond motifs is 1. The number of nitrogens with one attached hydrogen (secondary N) is 3. The van der Waals surface area contributed by atoms with E-state index in [0.29, 0.717) is 46.5 Å². The SMILES string of the molecule is O=C(CCc1cccnc1)Nc1cccc(Nc2ncnc3[nH]cc(C(=O)c4ccccc4)c23)c1. The number of H-pyrrole nitrogens is 1. The third kappa shape index (κ3) is 5.06. The smallest absolute Gasteiger partial charge is 0.224 e. The van der Waals surface area contributed by atoms with Crippen LogP contribution >= 0.6 is 0 Å². The first-order valence-electron chi connectivity index (χ1n) is 11.1. The Hall–Kier alpha value is -4.85. The number of carbonyl (C=O) groups is 2. The average molecular weight is 463 g/mol. The molecule has 0 aliphatic carbocycles. The van der Waals surface area contributed by atoms with Crippen molar-refractivity contribution in [2.45, 2.75) is 12.8 Å². The van der Waals surface area contributed by atoms with Gasteiger partial charge in [0.05, 0.1) is 10.9 Å². The van der Waals surface area contributed by atoms with Gasteiger partial charge in [-0.25, -0.2) is 9.97 Å². The van der Waals surface area contributed by atoms with Crippen LogP contribution in [0.4, 0.5) is 17.2 Å². The molecule has 0 atom stereocenters. The molecule has 5 rings (SSSR count). The largest absolute Gasteiger partial charge is 0.345 e. The van der Waals surface area contributed by atoms with Crippen molar-refractivity contribution in [1.29, 1.82) is 0 Å². The van der Waals surface area contributed by atoms with Gasteiger partial charge in [0, 0.05) is 41.9 Å². The molecule has 5 aromatic rings. The predicted octanol–water partition coefficient (Wildman–Crippen LogP) is 4.90. The molecule has 0 aliphatic heterocycles. The highest BCUT2D eigenvalue weighted by Crippen LogP contribution is 2.28. The van der Waals surface area contributed by atoms with Crippen LogP contribution in [0.5, 0.6) is 0 Å². The number of ketones is 1. The van der Waals surface area contributed by atoms with E-state index in [1.165, 1.54) is 6.33 Å². The Morgan fingerprint density at radius 2 is 1.77 bits per heavy atom. The fourth-order valence-corrected chi connectivity index (χ4v) is 3.82. The zero-order valence-corrected chi connectivity index (χ0v) is 18.7. The molecule has 0 saturated heterocycles. The summed E-state index contributed by atoms with van der Waals surface area (Å²) in [5, 5.41) is 6.80. The quantitative estimate of drug-likeness (QED) is 0.283. The van der Waals surface area contributed by atoms with Gasteiger partial charge in [-0.1, -0.05) is 42.5 Å². The van der Waals surface area contributed by atoms with Gasteiger partial charge < -0.3 is 15.6 Å². The Morgan fingerprint density at radius 1 is 0.914 bits per heavy atom. The molecule has 172 valence electrons. The van der Waals surface area contributed by atoms with Crippen molar-refractivity contribution in [2.24, 2.45) is 0 Å². The van der Waals surface area contributed by atoms with E-state index in [0.717, 1.165) is 11.3 Å². The lowest BCUT2D eigenvalue weighted by atomic mass is 10.0. The summed E-state index contributed by atoms with van der Waals surface area (Å²) in [5.41, 5.74) is 4.01. The van der Waals surface area contributed by atoms with Crippen LogP contribution in [-0.2, 0) is 11.2 Å². The second kappa shape index (κ2) is 9.96. The van der Waals surface area contributed by atoms with Crippen LogP contribution in [0.2, 0.25) is 0 Å². The Morgan fingerprint density at radius 3 is 2.60 bits per heavy atom. The van der Waals surface area contributed by atoms with Crippen LogP contribution in [0.3, 0.4) is 0 Å². The summed E-state index contributed by atoms with van der Waals surface area (Å²) < 4.78 is 0. The lowest BCUT2D eigenvalue weighted by Gasteiger charge is -2.10. The Labute approximate surface area is 201 Å². The lowest BCUT2D eigenvalue weighted by Crippen LogP contribution is -2.12. The number of amides is 1. The number of anilines is 3. The van der Waals surface area contributed by atoms with Crippen molar-refractivity contribution in [3.63, 3.8) is 0 Å². The van der Waals surface area contributed by atoms with Gasteiger partial charge in [-0.2, -0.15) is 0 Å². The standard InChI is InChI=1S/C27H22N6O2/c34-23(12-11-18-6-5-13-28-15-18)32-20-9-4-10-21(14-20)33-27-24-22(16-29-26(24)30-17-31-27)25(35)19-7-2-1-3-8-19/h1-10,13-17H,11-12H2,(H,32,34)(H2,29,30,31,33). The molecule has 1 amide bonds. The van der Waals surface area contributed by atoms with Crippen LogP contribution in [0, 0.1) is 0 Å². The first-order chi connectivity index (χ1) is 17.2. The second-order valence-electron chi connectivity index (χ2n) is 7.96.